The lowest BCUT2D eigenvalue weighted by Gasteiger charge is -2.17. The number of hydrogen-bond acceptors (Lipinski definition) is 3. The molecule has 98 valence electrons. The molecule has 0 unspecified atom stereocenters. The Morgan fingerprint density at radius 3 is 2.26 bits per heavy atom. The molecule has 2 heterocycles. The normalized spacial score (nSPS) is 20.8. The first-order valence-corrected chi connectivity index (χ1v) is 6.41. The molecule has 5 heteroatoms. The minimum absolute atomic E-state index is 0.291. The molecule has 2 fully saturated rings. The summed E-state index contributed by atoms with van der Waals surface area (Å²) in [7, 11) is 0. The van der Waals surface area contributed by atoms with Crippen LogP contribution in [0.25, 0.3) is 6.08 Å². The Balaban J connectivity index is 1.77. The molecule has 2 N–H and O–H groups in total. The Kier molecular flexibility index (Phi) is 2.95. The molecule has 3 rings (SSSR count). The van der Waals surface area contributed by atoms with Gasteiger partial charge in [0.15, 0.2) is 0 Å². The van der Waals surface area contributed by atoms with Crippen LogP contribution in [0, 0.1) is 0 Å². The Morgan fingerprint density at radius 1 is 1.00 bits per heavy atom. The Bertz CT molecular complexity index is 542. The maximum atomic E-state index is 11.4. The van der Waals surface area contributed by atoms with E-state index < -0.39 is 6.03 Å². The van der Waals surface area contributed by atoms with Crippen molar-refractivity contribution in [3.63, 3.8) is 0 Å². The van der Waals surface area contributed by atoms with E-state index >= 15 is 0 Å². The van der Waals surface area contributed by atoms with Gasteiger partial charge in [-0.25, -0.2) is 4.79 Å². The third-order valence-electron chi connectivity index (χ3n) is 3.40. The fourth-order valence-corrected chi connectivity index (χ4v) is 2.41. The summed E-state index contributed by atoms with van der Waals surface area (Å²) in [5.41, 5.74) is 2.40. The molecule has 3 amide bonds. The van der Waals surface area contributed by atoms with E-state index in [2.05, 4.69) is 15.5 Å². The fraction of sp³-hybridized carbons (Fsp3) is 0.286. The molecule has 2 aliphatic heterocycles. The van der Waals surface area contributed by atoms with Crippen molar-refractivity contribution in [2.75, 3.05) is 18.0 Å². The Morgan fingerprint density at radius 2 is 1.68 bits per heavy atom. The standard InChI is InChI=1S/C14H15N3O2/c18-13-12(15-14(19)16-13)9-10-3-5-11(6-4-10)17-7-1-2-8-17/h3-6,9H,1-2,7-8H2,(H2,15,16,18,19)/b12-9+. The van der Waals surface area contributed by atoms with Gasteiger partial charge in [-0.3, -0.25) is 10.1 Å². The minimum Gasteiger partial charge on any atom is -0.372 e. The monoisotopic (exact) mass is 257 g/mol. The highest BCUT2D eigenvalue weighted by Crippen LogP contribution is 2.21. The maximum absolute atomic E-state index is 11.4. The SMILES string of the molecule is O=C1NC(=O)/C(=C\c2ccc(N3CCCC3)cc2)N1. The number of urea groups is 1. The van der Waals surface area contributed by atoms with Crippen molar-refractivity contribution < 1.29 is 9.59 Å². The Labute approximate surface area is 111 Å². The van der Waals surface area contributed by atoms with Gasteiger partial charge in [0, 0.05) is 18.8 Å². The zero-order chi connectivity index (χ0) is 13.2. The molecule has 2 saturated heterocycles. The molecule has 1 aromatic carbocycles. The van der Waals surface area contributed by atoms with Crippen molar-refractivity contribution in [1.29, 1.82) is 0 Å². The summed E-state index contributed by atoms with van der Waals surface area (Å²) >= 11 is 0. The molecular formula is C14H15N3O2. The fourth-order valence-electron chi connectivity index (χ4n) is 2.41. The molecule has 5 nitrogen and oxygen atoms in total. The summed E-state index contributed by atoms with van der Waals surface area (Å²) < 4.78 is 0. The quantitative estimate of drug-likeness (QED) is 0.623. The van der Waals surface area contributed by atoms with Gasteiger partial charge in [0.1, 0.15) is 5.70 Å². The van der Waals surface area contributed by atoms with Crippen LogP contribution in [0.5, 0.6) is 0 Å². The van der Waals surface area contributed by atoms with Gasteiger partial charge in [0.25, 0.3) is 5.91 Å². The van der Waals surface area contributed by atoms with Crippen molar-refractivity contribution in [3.8, 4) is 0 Å². The van der Waals surface area contributed by atoms with Gasteiger partial charge in [-0.05, 0) is 36.6 Å². The molecule has 0 saturated carbocycles. The van der Waals surface area contributed by atoms with E-state index in [0.717, 1.165) is 18.7 Å². The van der Waals surface area contributed by atoms with Crippen LogP contribution in [0.3, 0.4) is 0 Å². The van der Waals surface area contributed by atoms with Gasteiger partial charge in [0.2, 0.25) is 0 Å². The van der Waals surface area contributed by atoms with Crippen molar-refractivity contribution in [2.24, 2.45) is 0 Å². The largest absolute Gasteiger partial charge is 0.372 e. The van der Waals surface area contributed by atoms with Gasteiger partial charge < -0.3 is 10.2 Å². The van der Waals surface area contributed by atoms with Crippen LogP contribution in [0.1, 0.15) is 18.4 Å². The summed E-state index contributed by atoms with van der Waals surface area (Å²) in [6.45, 7) is 2.22. The highest BCUT2D eigenvalue weighted by atomic mass is 16.2. The maximum Gasteiger partial charge on any atom is 0.326 e. The van der Waals surface area contributed by atoms with Crippen LogP contribution in [-0.4, -0.2) is 25.0 Å². The lowest BCUT2D eigenvalue weighted by molar-refractivity contribution is -0.115. The first-order chi connectivity index (χ1) is 9.22. The van der Waals surface area contributed by atoms with Gasteiger partial charge in [-0.2, -0.15) is 0 Å². The van der Waals surface area contributed by atoms with E-state index in [0.29, 0.717) is 5.70 Å². The summed E-state index contributed by atoms with van der Waals surface area (Å²) in [6.07, 6.45) is 4.17. The molecule has 2 aliphatic rings. The third kappa shape index (κ3) is 2.45. The average molecular weight is 257 g/mol. The van der Waals surface area contributed by atoms with Crippen LogP contribution < -0.4 is 15.5 Å². The Hall–Kier alpha value is -2.30. The number of nitrogens with zero attached hydrogens (tertiary/aromatic N) is 1. The van der Waals surface area contributed by atoms with Crippen LogP contribution >= 0.6 is 0 Å². The topological polar surface area (TPSA) is 61.4 Å². The zero-order valence-electron chi connectivity index (χ0n) is 10.5. The van der Waals surface area contributed by atoms with E-state index in [-0.39, 0.29) is 5.91 Å². The molecule has 19 heavy (non-hydrogen) atoms. The van der Waals surface area contributed by atoms with Gasteiger partial charge >= 0.3 is 6.03 Å². The summed E-state index contributed by atoms with van der Waals surface area (Å²) in [5, 5.41) is 4.65. The number of amides is 3. The summed E-state index contributed by atoms with van der Waals surface area (Å²) in [5.74, 6) is -0.381. The van der Waals surface area contributed by atoms with Gasteiger partial charge in [-0.15, -0.1) is 0 Å². The van der Waals surface area contributed by atoms with E-state index in [4.69, 9.17) is 0 Å². The molecule has 0 radical (unpaired) electrons. The molecule has 1 aromatic rings. The number of hydrogen-bond donors (Lipinski definition) is 2. The molecule has 0 spiro atoms. The first kappa shape index (κ1) is 11.8. The predicted octanol–water partition coefficient (Wildman–Crippen LogP) is 1.47. The average Bonchev–Trinajstić information content (AvgIpc) is 3.01. The van der Waals surface area contributed by atoms with Crippen molar-refractivity contribution in [1.82, 2.24) is 10.6 Å². The van der Waals surface area contributed by atoms with Crippen LogP contribution in [-0.2, 0) is 4.79 Å². The van der Waals surface area contributed by atoms with Crippen molar-refractivity contribution in [2.45, 2.75) is 12.8 Å². The smallest absolute Gasteiger partial charge is 0.326 e. The molecule has 0 atom stereocenters. The highest BCUT2D eigenvalue weighted by Gasteiger charge is 2.22. The second-order valence-corrected chi connectivity index (χ2v) is 4.75. The van der Waals surface area contributed by atoms with E-state index in [1.54, 1.807) is 6.08 Å². The second-order valence-electron chi connectivity index (χ2n) is 4.75. The van der Waals surface area contributed by atoms with Crippen LogP contribution in [0.4, 0.5) is 10.5 Å². The number of imide groups is 1. The molecular weight excluding hydrogens is 242 g/mol. The predicted molar refractivity (Wildman–Crippen MR) is 72.5 cm³/mol. The van der Waals surface area contributed by atoms with E-state index in [1.165, 1.54) is 18.5 Å². The van der Waals surface area contributed by atoms with Crippen LogP contribution in [0.2, 0.25) is 0 Å². The van der Waals surface area contributed by atoms with Gasteiger partial charge in [-0.1, -0.05) is 12.1 Å². The molecule has 0 aromatic heterocycles. The number of carbonyl (C=O) groups excluding carboxylic acids is 2. The minimum atomic E-state index is -0.468. The summed E-state index contributed by atoms with van der Waals surface area (Å²) in [6, 6.07) is 7.54. The molecule has 0 bridgehead atoms. The van der Waals surface area contributed by atoms with Gasteiger partial charge in [0.05, 0.1) is 0 Å². The third-order valence-corrected chi connectivity index (χ3v) is 3.40. The van der Waals surface area contributed by atoms with Crippen molar-refractivity contribution >= 4 is 23.7 Å². The number of rotatable bonds is 2. The zero-order valence-corrected chi connectivity index (χ0v) is 10.5. The number of nitrogens with one attached hydrogen (secondary N) is 2. The lowest BCUT2D eigenvalue weighted by atomic mass is 10.1. The van der Waals surface area contributed by atoms with Crippen LogP contribution in [0.15, 0.2) is 30.0 Å². The van der Waals surface area contributed by atoms with Crippen molar-refractivity contribution in [3.05, 3.63) is 35.5 Å². The lowest BCUT2D eigenvalue weighted by Crippen LogP contribution is -2.22. The van der Waals surface area contributed by atoms with E-state index in [1.807, 2.05) is 24.3 Å². The molecule has 0 aliphatic carbocycles. The number of anilines is 1. The highest BCUT2D eigenvalue weighted by molar-refractivity contribution is 6.13. The first-order valence-electron chi connectivity index (χ1n) is 6.41. The number of carbonyl (C=O) groups is 2. The summed E-state index contributed by atoms with van der Waals surface area (Å²) in [4.78, 5) is 24.7. The second kappa shape index (κ2) is 4.76. The van der Waals surface area contributed by atoms with E-state index in [9.17, 15) is 9.59 Å². The number of benzene rings is 1.